The molecule has 0 spiro atoms. The summed E-state index contributed by atoms with van der Waals surface area (Å²) < 4.78 is 0. The van der Waals surface area contributed by atoms with Crippen molar-refractivity contribution in [1.29, 1.82) is 0 Å². The van der Waals surface area contributed by atoms with Crippen LogP contribution in [0.5, 0.6) is 0 Å². The first-order valence-corrected chi connectivity index (χ1v) is 7.97. The summed E-state index contributed by atoms with van der Waals surface area (Å²) >= 11 is 0. The number of ketones is 1. The van der Waals surface area contributed by atoms with E-state index >= 15 is 0 Å². The molecule has 0 aromatic rings. The Balaban J connectivity index is 1.80. The number of piperazine rings is 1. The Morgan fingerprint density at radius 1 is 1.05 bits per heavy atom. The van der Waals surface area contributed by atoms with Gasteiger partial charge in [-0.3, -0.25) is 9.69 Å². The van der Waals surface area contributed by atoms with Crippen LogP contribution in [0.15, 0.2) is 0 Å². The van der Waals surface area contributed by atoms with Gasteiger partial charge in [-0.25, -0.2) is 0 Å². The molecule has 2 aliphatic rings. The Morgan fingerprint density at radius 3 is 2.37 bits per heavy atom. The van der Waals surface area contributed by atoms with Crippen LogP contribution in [0, 0.1) is 5.92 Å². The molecular weight excluding hydrogens is 236 g/mol. The Labute approximate surface area is 118 Å². The van der Waals surface area contributed by atoms with Gasteiger partial charge in [0.25, 0.3) is 0 Å². The molecule has 1 saturated carbocycles. The largest absolute Gasteiger partial charge is 0.300 e. The van der Waals surface area contributed by atoms with E-state index in [2.05, 4.69) is 30.6 Å². The van der Waals surface area contributed by atoms with Gasteiger partial charge < -0.3 is 4.90 Å². The molecule has 2 rings (SSSR count). The van der Waals surface area contributed by atoms with Crippen LogP contribution in [-0.4, -0.2) is 53.8 Å². The van der Waals surface area contributed by atoms with Gasteiger partial charge in [0.15, 0.2) is 0 Å². The zero-order valence-electron chi connectivity index (χ0n) is 13.0. The minimum Gasteiger partial charge on any atom is -0.300 e. The minimum absolute atomic E-state index is 0.282. The first-order chi connectivity index (χ1) is 8.97. The molecule has 3 nitrogen and oxygen atoms in total. The maximum Gasteiger partial charge on any atom is 0.137 e. The lowest BCUT2D eigenvalue weighted by atomic mass is 9.97. The van der Waals surface area contributed by atoms with Crippen molar-refractivity contribution in [3.63, 3.8) is 0 Å². The van der Waals surface area contributed by atoms with Gasteiger partial charge in [-0.2, -0.15) is 0 Å². The van der Waals surface area contributed by atoms with E-state index in [1.54, 1.807) is 0 Å². The van der Waals surface area contributed by atoms with E-state index in [1.165, 1.54) is 12.8 Å². The zero-order valence-corrected chi connectivity index (χ0v) is 13.0. The van der Waals surface area contributed by atoms with E-state index < -0.39 is 0 Å². The van der Waals surface area contributed by atoms with Crippen LogP contribution in [0.2, 0.25) is 0 Å². The number of hydrogen-bond acceptors (Lipinski definition) is 3. The molecule has 0 aromatic carbocycles. The molecule has 1 aliphatic carbocycles. The van der Waals surface area contributed by atoms with Gasteiger partial charge in [0, 0.05) is 50.6 Å². The van der Waals surface area contributed by atoms with E-state index in [9.17, 15) is 4.79 Å². The molecule has 19 heavy (non-hydrogen) atoms. The van der Waals surface area contributed by atoms with Crippen LogP contribution < -0.4 is 0 Å². The van der Waals surface area contributed by atoms with Crippen molar-refractivity contribution in [2.45, 2.75) is 58.4 Å². The van der Waals surface area contributed by atoms with Gasteiger partial charge in [-0.05, 0) is 33.6 Å². The number of carbonyl (C=O) groups excluding carboxylic acids is 1. The normalized spacial score (nSPS) is 28.4. The number of nitrogens with zero attached hydrogens (tertiary/aromatic N) is 2. The quantitative estimate of drug-likeness (QED) is 0.718. The third-order valence-corrected chi connectivity index (χ3v) is 4.73. The minimum atomic E-state index is 0.282. The number of hydrogen-bond donors (Lipinski definition) is 0. The number of Topliss-reactive ketones (excluding diaryl/α,β-unsaturated/α-hetero) is 1. The molecule has 0 radical (unpaired) electrons. The Bertz CT molecular complexity index is 300. The van der Waals surface area contributed by atoms with E-state index in [4.69, 9.17) is 0 Å². The summed E-state index contributed by atoms with van der Waals surface area (Å²) in [6.07, 6.45) is 5.57. The summed E-state index contributed by atoms with van der Waals surface area (Å²) in [4.78, 5) is 17.1. The Morgan fingerprint density at radius 2 is 1.74 bits per heavy atom. The lowest BCUT2D eigenvalue weighted by Crippen LogP contribution is -2.54. The predicted octanol–water partition coefficient (Wildman–Crippen LogP) is 2.55. The van der Waals surface area contributed by atoms with Crippen LogP contribution in [0.4, 0.5) is 0 Å². The summed E-state index contributed by atoms with van der Waals surface area (Å²) in [6.45, 7) is 12.4. The fourth-order valence-corrected chi connectivity index (χ4v) is 3.34. The SMILES string of the molecule is CC(C)(C)N1CCN(CC2CCCCCC2=O)CC1. The van der Waals surface area contributed by atoms with Gasteiger partial charge in [0.2, 0.25) is 0 Å². The third-order valence-electron chi connectivity index (χ3n) is 4.73. The topological polar surface area (TPSA) is 23.6 Å². The monoisotopic (exact) mass is 266 g/mol. The van der Waals surface area contributed by atoms with Crippen LogP contribution in [0.25, 0.3) is 0 Å². The smallest absolute Gasteiger partial charge is 0.137 e. The van der Waals surface area contributed by atoms with Crippen molar-refractivity contribution in [2.75, 3.05) is 32.7 Å². The fourth-order valence-electron chi connectivity index (χ4n) is 3.34. The van der Waals surface area contributed by atoms with Crippen molar-refractivity contribution >= 4 is 5.78 Å². The Kier molecular flexibility index (Phi) is 5.02. The lowest BCUT2D eigenvalue weighted by Gasteiger charge is -2.42. The van der Waals surface area contributed by atoms with Crippen LogP contribution >= 0.6 is 0 Å². The second-order valence-electron chi connectivity index (χ2n) is 7.22. The highest BCUT2D eigenvalue weighted by atomic mass is 16.1. The molecule has 0 aromatic heterocycles. The van der Waals surface area contributed by atoms with Gasteiger partial charge >= 0.3 is 0 Å². The van der Waals surface area contributed by atoms with Gasteiger partial charge in [-0.1, -0.05) is 12.8 Å². The molecule has 1 aliphatic heterocycles. The molecule has 1 heterocycles. The molecule has 0 N–H and O–H groups in total. The summed E-state index contributed by atoms with van der Waals surface area (Å²) in [6, 6.07) is 0. The van der Waals surface area contributed by atoms with E-state index in [0.29, 0.717) is 11.7 Å². The van der Waals surface area contributed by atoms with E-state index in [-0.39, 0.29) is 5.54 Å². The van der Waals surface area contributed by atoms with Crippen LogP contribution in [0.1, 0.15) is 52.9 Å². The Hall–Kier alpha value is -0.410. The number of rotatable bonds is 2. The van der Waals surface area contributed by atoms with Crippen molar-refractivity contribution < 1.29 is 4.79 Å². The lowest BCUT2D eigenvalue weighted by molar-refractivity contribution is -0.123. The predicted molar refractivity (Wildman–Crippen MR) is 79.3 cm³/mol. The maximum atomic E-state index is 12.1. The zero-order chi connectivity index (χ0) is 13.9. The van der Waals surface area contributed by atoms with Gasteiger partial charge in [0.05, 0.1) is 0 Å². The fraction of sp³-hybridized carbons (Fsp3) is 0.938. The standard InChI is InChI=1S/C16H30N2O/c1-16(2,3)18-11-9-17(10-12-18)13-14-7-5-4-6-8-15(14)19/h14H,4-13H2,1-3H3. The number of carbonyl (C=O) groups is 1. The average molecular weight is 266 g/mol. The highest BCUT2D eigenvalue weighted by Gasteiger charge is 2.28. The summed E-state index contributed by atoms with van der Waals surface area (Å²) in [5, 5.41) is 0. The average Bonchev–Trinajstić information content (AvgIpc) is 2.55. The van der Waals surface area contributed by atoms with Crippen molar-refractivity contribution in [1.82, 2.24) is 9.80 Å². The molecule has 110 valence electrons. The third kappa shape index (κ3) is 4.28. The van der Waals surface area contributed by atoms with E-state index in [1.807, 2.05) is 0 Å². The first kappa shape index (κ1) is 15.0. The van der Waals surface area contributed by atoms with Crippen LogP contribution in [-0.2, 0) is 4.79 Å². The van der Waals surface area contributed by atoms with E-state index in [0.717, 1.165) is 52.0 Å². The maximum absolute atomic E-state index is 12.1. The molecule has 1 unspecified atom stereocenters. The molecule has 2 fully saturated rings. The van der Waals surface area contributed by atoms with Crippen molar-refractivity contribution in [3.8, 4) is 0 Å². The first-order valence-electron chi connectivity index (χ1n) is 7.97. The summed E-state index contributed by atoms with van der Waals surface area (Å²) in [5.41, 5.74) is 0.282. The summed E-state index contributed by atoms with van der Waals surface area (Å²) in [5.74, 6) is 0.847. The second kappa shape index (κ2) is 6.36. The van der Waals surface area contributed by atoms with Crippen LogP contribution in [0.3, 0.4) is 0 Å². The van der Waals surface area contributed by atoms with Gasteiger partial charge in [0.1, 0.15) is 5.78 Å². The van der Waals surface area contributed by atoms with Gasteiger partial charge in [-0.15, -0.1) is 0 Å². The molecule has 1 saturated heterocycles. The van der Waals surface area contributed by atoms with Crippen molar-refractivity contribution in [3.05, 3.63) is 0 Å². The molecule has 1 atom stereocenters. The molecule has 3 heteroatoms. The molecular formula is C16H30N2O. The molecule has 0 amide bonds. The second-order valence-corrected chi connectivity index (χ2v) is 7.22. The van der Waals surface area contributed by atoms with Crippen molar-refractivity contribution in [2.24, 2.45) is 5.92 Å². The molecule has 0 bridgehead atoms. The summed E-state index contributed by atoms with van der Waals surface area (Å²) in [7, 11) is 0. The highest BCUT2D eigenvalue weighted by Crippen LogP contribution is 2.22. The highest BCUT2D eigenvalue weighted by molar-refractivity contribution is 5.81.